The summed E-state index contributed by atoms with van der Waals surface area (Å²) in [6.07, 6.45) is -3.27. The summed E-state index contributed by atoms with van der Waals surface area (Å²) >= 11 is 0. The molecule has 0 radical (unpaired) electrons. The average Bonchev–Trinajstić information content (AvgIpc) is 2.83. The summed E-state index contributed by atoms with van der Waals surface area (Å²) < 4.78 is 37.2. The van der Waals surface area contributed by atoms with Crippen molar-refractivity contribution >= 4 is 5.82 Å². The first-order valence-electron chi connectivity index (χ1n) is 5.57. The molecule has 1 N–H and O–H groups in total. The van der Waals surface area contributed by atoms with Crippen LogP contribution in [0.5, 0.6) is 0 Å². The highest BCUT2D eigenvalue weighted by atomic mass is 19.4. The van der Waals surface area contributed by atoms with Gasteiger partial charge in [0, 0.05) is 6.54 Å². The lowest BCUT2D eigenvalue weighted by molar-refractivity contribution is -0.141. The van der Waals surface area contributed by atoms with Crippen LogP contribution in [0, 0.1) is 11.3 Å². The minimum absolute atomic E-state index is 0.294. The quantitative estimate of drug-likeness (QED) is 0.879. The van der Waals surface area contributed by atoms with Gasteiger partial charge in [-0.15, -0.1) is 0 Å². The molecular formula is C12H15F3N2. The van der Waals surface area contributed by atoms with Crippen LogP contribution < -0.4 is 5.32 Å². The molecule has 1 aliphatic rings. The van der Waals surface area contributed by atoms with Gasteiger partial charge in [0.25, 0.3) is 0 Å². The maximum Gasteiger partial charge on any atom is 0.433 e. The zero-order valence-electron chi connectivity index (χ0n) is 9.80. The molecule has 1 heterocycles. The normalized spacial score (nSPS) is 22.3. The van der Waals surface area contributed by atoms with E-state index in [0.717, 1.165) is 12.5 Å². The molecule has 1 atom stereocenters. The van der Waals surface area contributed by atoms with E-state index < -0.39 is 11.9 Å². The van der Waals surface area contributed by atoms with E-state index in [-0.39, 0.29) is 0 Å². The number of pyridine rings is 1. The van der Waals surface area contributed by atoms with Crippen LogP contribution in [0.1, 0.15) is 26.0 Å². The molecule has 17 heavy (non-hydrogen) atoms. The number of rotatable bonds is 3. The lowest BCUT2D eigenvalue weighted by Gasteiger charge is -2.10. The van der Waals surface area contributed by atoms with Crippen molar-refractivity contribution in [2.75, 3.05) is 11.9 Å². The van der Waals surface area contributed by atoms with Gasteiger partial charge in [0.2, 0.25) is 0 Å². The summed E-state index contributed by atoms with van der Waals surface area (Å²) in [5.74, 6) is 0.821. The first-order chi connectivity index (χ1) is 7.79. The Bertz CT molecular complexity index is 412. The van der Waals surface area contributed by atoms with E-state index >= 15 is 0 Å². The zero-order chi connectivity index (χ0) is 12.7. The van der Waals surface area contributed by atoms with Gasteiger partial charge in [-0.05, 0) is 29.9 Å². The molecule has 1 aromatic heterocycles. The van der Waals surface area contributed by atoms with Crippen LogP contribution in [0.15, 0.2) is 18.2 Å². The van der Waals surface area contributed by atoms with E-state index in [4.69, 9.17) is 0 Å². The summed E-state index contributed by atoms with van der Waals surface area (Å²) in [4.78, 5) is 3.56. The fourth-order valence-electron chi connectivity index (χ4n) is 1.84. The van der Waals surface area contributed by atoms with E-state index in [0.29, 0.717) is 23.7 Å². The molecule has 1 fully saturated rings. The Balaban J connectivity index is 1.98. The largest absolute Gasteiger partial charge is 0.433 e. The molecule has 94 valence electrons. The lowest BCUT2D eigenvalue weighted by atomic mass is 10.1. The highest BCUT2D eigenvalue weighted by Gasteiger charge is 2.45. The number of alkyl halides is 3. The second-order valence-corrected chi connectivity index (χ2v) is 5.18. The Morgan fingerprint density at radius 2 is 2.06 bits per heavy atom. The average molecular weight is 244 g/mol. The van der Waals surface area contributed by atoms with Gasteiger partial charge in [0.05, 0.1) is 0 Å². The number of halogens is 3. The van der Waals surface area contributed by atoms with Crippen molar-refractivity contribution in [3.63, 3.8) is 0 Å². The van der Waals surface area contributed by atoms with E-state index in [1.165, 1.54) is 6.07 Å². The van der Waals surface area contributed by atoms with Crippen molar-refractivity contribution in [1.29, 1.82) is 0 Å². The zero-order valence-corrected chi connectivity index (χ0v) is 9.80. The number of hydrogen-bond acceptors (Lipinski definition) is 2. The first-order valence-corrected chi connectivity index (χ1v) is 5.57. The van der Waals surface area contributed by atoms with Crippen LogP contribution in [-0.2, 0) is 6.18 Å². The molecule has 1 unspecified atom stereocenters. The van der Waals surface area contributed by atoms with Gasteiger partial charge in [-0.2, -0.15) is 13.2 Å². The molecule has 5 heteroatoms. The van der Waals surface area contributed by atoms with E-state index in [1.807, 2.05) is 0 Å². The highest BCUT2D eigenvalue weighted by Crippen LogP contribution is 2.51. The van der Waals surface area contributed by atoms with Gasteiger partial charge < -0.3 is 5.32 Å². The van der Waals surface area contributed by atoms with Crippen LogP contribution >= 0.6 is 0 Å². The second-order valence-electron chi connectivity index (χ2n) is 5.18. The minimum atomic E-state index is -4.38. The summed E-state index contributed by atoms with van der Waals surface area (Å²) in [5, 5.41) is 2.96. The van der Waals surface area contributed by atoms with Gasteiger partial charge >= 0.3 is 6.18 Å². The molecule has 2 rings (SSSR count). The third-order valence-electron chi connectivity index (χ3n) is 3.29. The number of hydrogen-bond donors (Lipinski definition) is 1. The molecule has 0 bridgehead atoms. The van der Waals surface area contributed by atoms with Crippen molar-refractivity contribution in [1.82, 2.24) is 4.98 Å². The first kappa shape index (κ1) is 12.2. The summed E-state index contributed by atoms with van der Waals surface area (Å²) in [7, 11) is 0. The molecule has 1 aromatic rings. The molecule has 0 aromatic carbocycles. The summed E-state index contributed by atoms with van der Waals surface area (Å²) in [5.41, 5.74) is -0.535. The third-order valence-corrected chi connectivity index (χ3v) is 3.29. The SMILES string of the molecule is CC1(C)CC1CNc1cccc(C(F)(F)F)n1. The molecule has 0 spiro atoms. The monoisotopic (exact) mass is 244 g/mol. The number of aromatic nitrogens is 1. The third kappa shape index (κ3) is 2.90. The summed E-state index contributed by atoms with van der Waals surface area (Å²) in [6.45, 7) is 4.99. The van der Waals surface area contributed by atoms with Crippen molar-refractivity contribution in [2.24, 2.45) is 11.3 Å². The lowest BCUT2D eigenvalue weighted by Crippen LogP contribution is -2.12. The van der Waals surface area contributed by atoms with Gasteiger partial charge in [-0.3, -0.25) is 0 Å². The van der Waals surface area contributed by atoms with Crippen LogP contribution in [0.25, 0.3) is 0 Å². The predicted octanol–water partition coefficient (Wildman–Crippen LogP) is 3.56. The molecule has 1 saturated carbocycles. The number of nitrogens with one attached hydrogen (secondary N) is 1. The fraction of sp³-hybridized carbons (Fsp3) is 0.583. The van der Waals surface area contributed by atoms with Crippen molar-refractivity contribution < 1.29 is 13.2 Å². The second kappa shape index (κ2) is 3.89. The minimum Gasteiger partial charge on any atom is -0.370 e. The van der Waals surface area contributed by atoms with E-state index in [1.54, 1.807) is 6.07 Å². The Morgan fingerprint density at radius 1 is 1.41 bits per heavy atom. The predicted molar refractivity (Wildman–Crippen MR) is 59.6 cm³/mol. The van der Waals surface area contributed by atoms with Gasteiger partial charge in [-0.25, -0.2) is 4.98 Å². The van der Waals surface area contributed by atoms with Gasteiger partial charge in [-0.1, -0.05) is 19.9 Å². The molecule has 2 nitrogen and oxygen atoms in total. The van der Waals surface area contributed by atoms with E-state index in [9.17, 15) is 13.2 Å². The molecule has 1 aliphatic carbocycles. The van der Waals surface area contributed by atoms with E-state index in [2.05, 4.69) is 24.1 Å². The van der Waals surface area contributed by atoms with Crippen LogP contribution in [0.3, 0.4) is 0 Å². The van der Waals surface area contributed by atoms with Crippen molar-refractivity contribution in [2.45, 2.75) is 26.4 Å². The molecule has 0 amide bonds. The van der Waals surface area contributed by atoms with Crippen LogP contribution in [0.4, 0.5) is 19.0 Å². The molecule has 0 aliphatic heterocycles. The van der Waals surface area contributed by atoms with Gasteiger partial charge in [0.15, 0.2) is 0 Å². The Labute approximate surface area is 98.2 Å². The van der Waals surface area contributed by atoms with Crippen molar-refractivity contribution in [3.8, 4) is 0 Å². The summed E-state index contributed by atoms with van der Waals surface area (Å²) in [6, 6.07) is 3.91. The van der Waals surface area contributed by atoms with Crippen molar-refractivity contribution in [3.05, 3.63) is 23.9 Å². The topological polar surface area (TPSA) is 24.9 Å². The van der Waals surface area contributed by atoms with Crippen LogP contribution in [0.2, 0.25) is 0 Å². The Morgan fingerprint density at radius 3 is 2.59 bits per heavy atom. The maximum absolute atomic E-state index is 12.4. The number of anilines is 1. The fourth-order valence-corrected chi connectivity index (χ4v) is 1.84. The Hall–Kier alpha value is -1.26. The maximum atomic E-state index is 12.4. The van der Waals surface area contributed by atoms with Crippen LogP contribution in [-0.4, -0.2) is 11.5 Å². The standard InChI is InChI=1S/C12H15F3N2/c1-11(2)6-8(11)7-16-10-5-3-4-9(17-10)12(13,14)15/h3-5,8H,6-7H2,1-2H3,(H,16,17). The number of nitrogens with zero attached hydrogens (tertiary/aromatic N) is 1. The molecular weight excluding hydrogens is 229 g/mol. The molecule has 0 saturated heterocycles. The Kier molecular flexibility index (Phi) is 2.79. The smallest absolute Gasteiger partial charge is 0.370 e. The highest BCUT2D eigenvalue weighted by molar-refractivity contribution is 5.36. The van der Waals surface area contributed by atoms with Gasteiger partial charge in [0.1, 0.15) is 11.5 Å².